The summed E-state index contributed by atoms with van der Waals surface area (Å²) in [6, 6.07) is 16.8. The molecule has 6 heteroatoms. The predicted molar refractivity (Wildman–Crippen MR) is 135 cm³/mol. The summed E-state index contributed by atoms with van der Waals surface area (Å²) in [6.07, 6.45) is 3.51. The van der Waals surface area contributed by atoms with Crippen LogP contribution < -0.4 is 0 Å². The zero-order valence-electron chi connectivity index (χ0n) is 16.7. The van der Waals surface area contributed by atoms with Crippen LogP contribution in [0.2, 0.25) is 0 Å². The molecule has 0 aliphatic rings. The molecule has 1 aromatic carbocycles. The van der Waals surface area contributed by atoms with Crippen LogP contribution >= 0.6 is 45.3 Å². The highest BCUT2D eigenvalue weighted by Gasteiger charge is 2.14. The molecule has 0 fully saturated rings. The smallest absolute Gasteiger partial charge is 0.151 e. The Kier molecular flexibility index (Phi) is 5.71. The largest absolute Gasteiger partial charge is 0.298 e. The van der Waals surface area contributed by atoms with Crippen LogP contribution in [0.25, 0.3) is 19.8 Å². The fraction of sp³-hybridized carbons (Fsp3) is 0.120. The molecular weight excluding hydrogens is 461 g/mol. The Bertz CT molecular complexity index is 1350. The molecule has 0 bridgehead atoms. The Morgan fingerprint density at radius 2 is 1.39 bits per heavy atom. The number of aldehydes is 2. The number of thiophene rings is 4. The van der Waals surface area contributed by atoms with Crippen molar-refractivity contribution in [3.63, 3.8) is 0 Å². The number of benzene rings is 1. The minimum atomic E-state index is 0.784. The summed E-state index contributed by atoms with van der Waals surface area (Å²) < 4.78 is 2.56. The van der Waals surface area contributed by atoms with Crippen molar-refractivity contribution in [3.05, 3.63) is 90.1 Å². The number of fused-ring (bicyclic) bond motifs is 1. The third kappa shape index (κ3) is 4.21. The molecule has 0 saturated heterocycles. The summed E-state index contributed by atoms with van der Waals surface area (Å²) in [6.45, 7) is 2.08. The molecule has 154 valence electrons. The van der Waals surface area contributed by atoms with E-state index in [4.69, 9.17) is 0 Å². The lowest BCUT2D eigenvalue weighted by atomic mass is 10.1. The van der Waals surface area contributed by atoms with E-state index in [0.29, 0.717) is 0 Å². The van der Waals surface area contributed by atoms with Crippen molar-refractivity contribution in [1.82, 2.24) is 0 Å². The molecule has 0 aliphatic carbocycles. The highest BCUT2D eigenvalue weighted by molar-refractivity contribution is 7.28. The lowest BCUT2D eigenvalue weighted by Crippen LogP contribution is -1.86. The molecule has 4 aromatic heterocycles. The number of hydrogen-bond donors (Lipinski definition) is 0. The molecule has 2 nitrogen and oxygen atoms in total. The van der Waals surface area contributed by atoms with Gasteiger partial charge in [-0.05, 0) is 42.1 Å². The van der Waals surface area contributed by atoms with E-state index in [-0.39, 0.29) is 0 Å². The van der Waals surface area contributed by atoms with Crippen LogP contribution in [0, 0.1) is 6.92 Å². The zero-order chi connectivity index (χ0) is 21.4. The molecule has 5 aromatic rings. The van der Waals surface area contributed by atoms with Gasteiger partial charge in [-0.1, -0.05) is 29.8 Å². The summed E-state index contributed by atoms with van der Waals surface area (Å²) in [5, 5.41) is 1.98. The van der Waals surface area contributed by atoms with Gasteiger partial charge in [-0.25, -0.2) is 0 Å². The van der Waals surface area contributed by atoms with Crippen molar-refractivity contribution in [2.45, 2.75) is 19.8 Å². The maximum Gasteiger partial charge on any atom is 0.151 e. The second-order valence-corrected chi connectivity index (χ2v) is 11.9. The van der Waals surface area contributed by atoms with Gasteiger partial charge in [0.25, 0.3) is 0 Å². The van der Waals surface area contributed by atoms with Crippen LogP contribution in [0.4, 0.5) is 0 Å². The molecule has 0 radical (unpaired) electrons. The molecule has 0 aliphatic heterocycles. The van der Waals surface area contributed by atoms with Crippen LogP contribution in [0.3, 0.4) is 0 Å². The van der Waals surface area contributed by atoms with Crippen molar-refractivity contribution >= 4 is 67.3 Å². The third-order valence-electron chi connectivity index (χ3n) is 5.19. The van der Waals surface area contributed by atoms with Gasteiger partial charge in [0.05, 0.1) is 0 Å². The summed E-state index contributed by atoms with van der Waals surface area (Å²) in [5.41, 5.74) is 3.98. The van der Waals surface area contributed by atoms with Gasteiger partial charge in [0.2, 0.25) is 0 Å². The van der Waals surface area contributed by atoms with Crippen LogP contribution in [-0.4, -0.2) is 12.6 Å². The molecular formula is C25H18O2S4. The number of carbonyl (C=O) groups is 2. The Morgan fingerprint density at radius 1 is 0.742 bits per heavy atom. The van der Waals surface area contributed by atoms with Gasteiger partial charge >= 0.3 is 0 Å². The van der Waals surface area contributed by atoms with Gasteiger partial charge in [-0.2, -0.15) is 0 Å². The second kappa shape index (κ2) is 8.63. The topological polar surface area (TPSA) is 34.1 Å². The number of aryl methyl sites for hydroxylation is 1. The fourth-order valence-corrected chi connectivity index (χ4v) is 8.25. The Balaban J connectivity index is 1.38. The summed E-state index contributed by atoms with van der Waals surface area (Å²) >= 11 is 6.94. The summed E-state index contributed by atoms with van der Waals surface area (Å²) in [7, 11) is 0. The number of rotatable bonds is 7. The van der Waals surface area contributed by atoms with Crippen LogP contribution in [0.15, 0.2) is 53.9 Å². The predicted octanol–water partition coefficient (Wildman–Crippen LogP) is 7.87. The van der Waals surface area contributed by atoms with Gasteiger partial charge in [0.15, 0.2) is 12.6 Å². The third-order valence-corrected chi connectivity index (χ3v) is 9.62. The SMILES string of the molecule is Cc1ccc(-c2cc(C=O)c(Cc3cc4sc(Cc5sccc5C=O)cc4s3)s2)cc1. The van der Waals surface area contributed by atoms with Crippen molar-refractivity contribution < 1.29 is 9.59 Å². The van der Waals surface area contributed by atoms with Crippen LogP contribution in [0.1, 0.15) is 45.8 Å². The van der Waals surface area contributed by atoms with E-state index in [1.54, 1.807) is 45.3 Å². The Hall–Kier alpha value is -2.38. The second-order valence-electron chi connectivity index (χ2n) is 7.40. The number of hydrogen-bond acceptors (Lipinski definition) is 6. The lowest BCUT2D eigenvalue weighted by Gasteiger charge is -1.98. The van der Waals surface area contributed by atoms with E-state index in [2.05, 4.69) is 43.3 Å². The van der Waals surface area contributed by atoms with Crippen molar-refractivity contribution in [1.29, 1.82) is 0 Å². The van der Waals surface area contributed by atoms with Crippen LogP contribution in [-0.2, 0) is 12.8 Å². The molecule has 0 unspecified atom stereocenters. The average Bonchev–Trinajstić information content (AvgIpc) is 3.52. The van der Waals surface area contributed by atoms with Crippen molar-refractivity contribution in [3.8, 4) is 10.4 Å². The first-order valence-electron chi connectivity index (χ1n) is 9.80. The van der Waals surface area contributed by atoms with E-state index in [1.807, 2.05) is 17.5 Å². The normalized spacial score (nSPS) is 11.3. The molecule has 0 atom stereocenters. The molecule has 5 rings (SSSR count). The van der Waals surface area contributed by atoms with Gasteiger partial charge in [0.1, 0.15) is 0 Å². The molecule has 0 amide bonds. The van der Waals surface area contributed by atoms with E-state index < -0.39 is 0 Å². The summed E-state index contributed by atoms with van der Waals surface area (Å²) in [4.78, 5) is 28.8. The van der Waals surface area contributed by atoms with Gasteiger partial charge in [-0.3, -0.25) is 9.59 Å². The van der Waals surface area contributed by atoms with E-state index in [9.17, 15) is 9.59 Å². The highest BCUT2D eigenvalue weighted by atomic mass is 32.1. The quantitative estimate of drug-likeness (QED) is 0.223. The zero-order valence-corrected chi connectivity index (χ0v) is 20.0. The van der Waals surface area contributed by atoms with Crippen molar-refractivity contribution in [2.24, 2.45) is 0 Å². The molecule has 0 spiro atoms. The van der Waals surface area contributed by atoms with Crippen molar-refractivity contribution in [2.75, 3.05) is 0 Å². The minimum Gasteiger partial charge on any atom is -0.298 e. The first kappa shape index (κ1) is 20.5. The Labute approximate surface area is 196 Å². The number of carbonyl (C=O) groups excluding carboxylic acids is 2. The van der Waals surface area contributed by atoms with E-state index in [0.717, 1.165) is 56.7 Å². The lowest BCUT2D eigenvalue weighted by molar-refractivity contribution is 0.111. The summed E-state index contributed by atoms with van der Waals surface area (Å²) in [5.74, 6) is 0. The van der Waals surface area contributed by atoms with Gasteiger partial charge < -0.3 is 0 Å². The standard InChI is InChI=1S/C25H18O2S4/c1-15-2-4-16(5-3-15)22-8-18(14-27)23(31-22)10-20-12-25-24(30-20)11-19(29-25)9-21-17(13-26)6-7-28-21/h2-8,11-14H,9-10H2,1H3. The molecule has 0 N–H and O–H groups in total. The Morgan fingerprint density at radius 3 is 2.03 bits per heavy atom. The highest BCUT2D eigenvalue weighted by Crippen LogP contribution is 2.38. The monoisotopic (exact) mass is 478 g/mol. The van der Waals surface area contributed by atoms with E-state index in [1.165, 1.54) is 24.7 Å². The molecule has 31 heavy (non-hydrogen) atoms. The minimum absolute atomic E-state index is 0.784. The van der Waals surface area contributed by atoms with Gasteiger partial charge in [0, 0.05) is 57.8 Å². The maximum atomic E-state index is 11.7. The van der Waals surface area contributed by atoms with E-state index >= 15 is 0 Å². The fourth-order valence-electron chi connectivity index (χ4n) is 3.57. The van der Waals surface area contributed by atoms with Gasteiger partial charge in [-0.15, -0.1) is 45.3 Å². The maximum absolute atomic E-state index is 11.7. The first-order chi connectivity index (χ1) is 15.1. The first-order valence-corrected chi connectivity index (χ1v) is 13.1. The molecule has 0 saturated carbocycles. The van der Waals surface area contributed by atoms with Crippen LogP contribution in [0.5, 0.6) is 0 Å². The average molecular weight is 479 g/mol. The molecule has 4 heterocycles.